The molecule has 2 saturated heterocycles. The maximum absolute atomic E-state index is 12.2. The molecule has 0 aromatic rings. The summed E-state index contributed by atoms with van der Waals surface area (Å²) >= 11 is 0. The second kappa shape index (κ2) is 12.3. The van der Waals surface area contributed by atoms with Crippen LogP contribution in [-0.2, 0) is 9.53 Å². The van der Waals surface area contributed by atoms with Gasteiger partial charge in [0.1, 0.15) is 0 Å². The first-order valence-electron chi connectivity index (χ1n) is 11.2. The van der Waals surface area contributed by atoms with E-state index in [4.69, 9.17) is 9.73 Å². The van der Waals surface area contributed by atoms with Gasteiger partial charge in [0.25, 0.3) is 0 Å². The predicted octanol–water partition coefficient (Wildman–Crippen LogP) is 3.65. The molecule has 0 saturated carbocycles. The molecule has 2 heterocycles. The van der Waals surface area contributed by atoms with Gasteiger partial charge >= 0.3 is 0 Å². The number of nitrogens with one attached hydrogen (secondary N) is 2. The Labute approximate surface area is 195 Å². The standard InChI is InChI=1S/C22H42N4O2.HI/c1-7-23-21(24-15-17-9-8-14-28-19(17)22(4,5)6)25-18-10-12-26(13-11-18)20(27)16(2)3;/h16-19H,7-15H2,1-6H3,(H2,23,24,25);1H. The minimum absolute atomic E-state index is 0. The molecule has 170 valence electrons. The van der Waals surface area contributed by atoms with E-state index in [1.54, 1.807) is 0 Å². The molecule has 0 bridgehead atoms. The molecule has 2 unspecified atom stereocenters. The molecule has 2 aliphatic heterocycles. The van der Waals surface area contributed by atoms with Crippen LogP contribution >= 0.6 is 24.0 Å². The molecule has 6 nitrogen and oxygen atoms in total. The van der Waals surface area contributed by atoms with Crippen LogP contribution in [0.1, 0.15) is 67.2 Å². The Bertz CT molecular complexity index is 525. The van der Waals surface area contributed by atoms with Crippen LogP contribution in [0.25, 0.3) is 0 Å². The lowest BCUT2D eigenvalue weighted by atomic mass is 9.78. The van der Waals surface area contributed by atoms with E-state index >= 15 is 0 Å². The predicted molar refractivity (Wildman–Crippen MR) is 131 cm³/mol. The Morgan fingerprint density at radius 2 is 1.86 bits per heavy atom. The van der Waals surface area contributed by atoms with Gasteiger partial charge in [0, 0.05) is 50.7 Å². The van der Waals surface area contributed by atoms with Crippen LogP contribution < -0.4 is 10.6 Å². The normalized spacial score (nSPS) is 24.2. The monoisotopic (exact) mass is 522 g/mol. The molecule has 2 fully saturated rings. The quantitative estimate of drug-likeness (QED) is 0.329. The van der Waals surface area contributed by atoms with Gasteiger partial charge in [-0.15, -0.1) is 24.0 Å². The lowest BCUT2D eigenvalue weighted by Crippen LogP contribution is -2.50. The zero-order valence-electron chi connectivity index (χ0n) is 19.3. The summed E-state index contributed by atoms with van der Waals surface area (Å²) in [6.45, 7) is 17.0. The molecule has 2 rings (SSSR count). The smallest absolute Gasteiger partial charge is 0.225 e. The van der Waals surface area contributed by atoms with Gasteiger partial charge in [-0.1, -0.05) is 34.6 Å². The number of aliphatic imine (C=N–C) groups is 1. The fourth-order valence-electron chi connectivity index (χ4n) is 4.32. The number of likely N-dealkylation sites (tertiary alicyclic amines) is 1. The van der Waals surface area contributed by atoms with Crippen LogP contribution in [0.5, 0.6) is 0 Å². The van der Waals surface area contributed by atoms with Crippen LogP contribution in [0.4, 0.5) is 0 Å². The molecule has 0 aromatic carbocycles. The molecule has 1 amide bonds. The third-order valence-electron chi connectivity index (χ3n) is 5.77. The average Bonchev–Trinajstić information content (AvgIpc) is 2.65. The van der Waals surface area contributed by atoms with Crippen molar-refractivity contribution in [3.05, 3.63) is 0 Å². The van der Waals surface area contributed by atoms with Gasteiger partial charge in [0.05, 0.1) is 6.10 Å². The van der Waals surface area contributed by atoms with E-state index < -0.39 is 0 Å². The van der Waals surface area contributed by atoms with Crippen LogP contribution in [0.2, 0.25) is 0 Å². The Kier molecular flexibility index (Phi) is 11.2. The van der Waals surface area contributed by atoms with Crippen molar-refractivity contribution >= 4 is 35.8 Å². The molecule has 0 radical (unpaired) electrons. The largest absolute Gasteiger partial charge is 0.377 e. The molecule has 7 heteroatoms. The first-order valence-corrected chi connectivity index (χ1v) is 11.2. The van der Waals surface area contributed by atoms with Crippen molar-refractivity contribution in [2.45, 2.75) is 79.4 Å². The van der Waals surface area contributed by atoms with E-state index in [1.165, 1.54) is 6.42 Å². The molecule has 2 atom stereocenters. The summed E-state index contributed by atoms with van der Waals surface area (Å²) in [4.78, 5) is 19.1. The van der Waals surface area contributed by atoms with E-state index in [0.29, 0.717) is 12.0 Å². The molecule has 0 spiro atoms. The molecule has 0 aliphatic carbocycles. The van der Waals surface area contributed by atoms with Crippen molar-refractivity contribution in [2.24, 2.45) is 22.2 Å². The van der Waals surface area contributed by atoms with Crippen LogP contribution in [-0.4, -0.2) is 61.7 Å². The van der Waals surface area contributed by atoms with Gasteiger partial charge in [-0.05, 0) is 38.0 Å². The highest BCUT2D eigenvalue weighted by Crippen LogP contribution is 2.34. The summed E-state index contributed by atoms with van der Waals surface area (Å²) in [5.74, 6) is 1.71. The fourth-order valence-corrected chi connectivity index (χ4v) is 4.32. The highest BCUT2D eigenvalue weighted by Gasteiger charge is 2.35. The number of carbonyl (C=O) groups is 1. The summed E-state index contributed by atoms with van der Waals surface area (Å²) in [6, 6.07) is 0.370. The number of carbonyl (C=O) groups excluding carboxylic acids is 1. The van der Waals surface area contributed by atoms with E-state index in [2.05, 4.69) is 38.3 Å². The molecular formula is C22H43IN4O2. The number of ether oxygens (including phenoxy) is 1. The first kappa shape index (κ1) is 26.5. The van der Waals surface area contributed by atoms with Crippen molar-refractivity contribution in [2.75, 3.05) is 32.8 Å². The van der Waals surface area contributed by atoms with Crippen molar-refractivity contribution in [3.8, 4) is 0 Å². The van der Waals surface area contributed by atoms with E-state index in [-0.39, 0.29) is 47.3 Å². The molecule has 0 aromatic heterocycles. The number of halogens is 1. The number of rotatable bonds is 5. The number of amides is 1. The summed E-state index contributed by atoms with van der Waals surface area (Å²) in [6.07, 6.45) is 4.51. The van der Waals surface area contributed by atoms with Crippen molar-refractivity contribution in [1.82, 2.24) is 15.5 Å². The lowest BCUT2D eigenvalue weighted by Gasteiger charge is -2.39. The van der Waals surface area contributed by atoms with Crippen LogP contribution in [0.15, 0.2) is 4.99 Å². The number of hydrogen-bond donors (Lipinski definition) is 2. The second-order valence-corrected chi connectivity index (χ2v) is 9.68. The first-order chi connectivity index (χ1) is 13.2. The summed E-state index contributed by atoms with van der Waals surface area (Å²) in [5.41, 5.74) is 0.141. The minimum atomic E-state index is 0. The van der Waals surface area contributed by atoms with Crippen LogP contribution in [0.3, 0.4) is 0 Å². The maximum Gasteiger partial charge on any atom is 0.225 e. The van der Waals surface area contributed by atoms with Crippen LogP contribution in [0, 0.1) is 17.3 Å². The molecular weight excluding hydrogens is 479 g/mol. The third-order valence-corrected chi connectivity index (χ3v) is 5.77. The van der Waals surface area contributed by atoms with E-state index in [1.807, 2.05) is 18.7 Å². The summed E-state index contributed by atoms with van der Waals surface area (Å²) < 4.78 is 6.10. The SMILES string of the molecule is CCNC(=NCC1CCCOC1C(C)(C)C)NC1CCN(C(=O)C(C)C)CC1.I. The summed E-state index contributed by atoms with van der Waals surface area (Å²) in [5, 5.41) is 6.99. The Balaban J connectivity index is 0.00000420. The topological polar surface area (TPSA) is 66.0 Å². The number of nitrogens with zero attached hydrogens (tertiary/aromatic N) is 2. The van der Waals surface area contributed by atoms with Gasteiger partial charge in [-0.2, -0.15) is 0 Å². The van der Waals surface area contributed by atoms with Gasteiger partial charge in [0.2, 0.25) is 5.91 Å². The van der Waals surface area contributed by atoms with Crippen molar-refractivity contribution in [3.63, 3.8) is 0 Å². The lowest BCUT2D eigenvalue weighted by molar-refractivity contribution is -0.135. The second-order valence-electron chi connectivity index (χ2n) is 9.68. The van der Waals surface area contributed by atoms with E-state index in [0.717, 1.165) is 58.0 Å². The Morgan fingerprint density at radius 3 is 2.41 bits per heavy atom. The van der Waals surface area contributed by atoms with Gasteiger partial charge in [0.15, 0.2) is 5.96 Å². The fraction of sp³-hybridized carbons (Fsp3) is 0.909. The van der Waals surface area contributed by atoms with Gasteiger partial charge in [-0.25, -0.2) is 0 Å². The van der Waals surface area contributed by atoms with Crippen molar-refractivity contribution in [1.29, 1.82) is 0 Å². The highest BCUT2D eigenvalue weighted by molar-refractivity contribution is 14.0. The number of hydrogen-bond acceptors (Lipinski definition) is 3. The molecule has 2 aliphatic rings. The molecule has 2 N–H and O–H groups in total. The van der Waals surface area contributed by atoms with Gasteiger partial charge in [-0.3, -0.25) is 9.79 Å². The zero-order chi connectivity index (χ0) is 20.7. The minimum Gasteiger partial charge on any atom is -0.377 e. The highest BCUT2D eigenvalue weighted by atomic mass is 127. The summed E-state index contributed by atoms with van der Waals surface area (Å²) in [7, 11) is 0. The third kappa shape index (κ3) is 8.23. The maximum atomic E-state index is 12.2. The van der Waals surface area contributed by atoms with Crippen molar-refractivity contribution < 1.29 is 9.53 Å². The van der Waals surface area contributed by atoms with Gasteiger partial charge < -0.3 is 20.3 Å². The molecule has 29 heavy (non-hydrogen) atoms. The Hall–Kier alpha value is -0.570. The Morgan fingerprint density at radius 1 is 1.21 bits per heavy atom. The zero-order valence-corrected chi connectivity index (χ0v) is 21.6. The average molecular weight is 523 g/mol. The number of piperidine rings is 1. The van der Waals surface area contributed by atoms with E-state index in [9.17, 15) is 4.79 Å². The number of guanidine groups is 1.